The van der Waals surface area contributed by atoms with Gasteiger partial charge in [0.15, 0.2) is 15.6 Å². The second-order valence-corrected chi connectivity index (χ2v) is 8.97. The summed E-state index contributed by atoms with van der Waals surface area (Å²) in [5.41, 5.74) is 0.639. The van der Waals surface area contributed by atoms with Crippen LogP contribution in [0.5, 0.6) is 0 Å². The van der Waals surface area contributed by atoms with Crippen molar-refractivity contribution in [3.8, 4) is 0 Å². The third-order valence-electron chi connectivity index (χ3n) is 4.65. The molecule has 0 saturated carbocycles. The highest BCUT2D eigenvalue weighted by Crippen LogP contribution is 2.27. The minimum atomic E-state index is -3.51. The predicted molar refractivity (Wildman–Crippen MR) is 99.2 cm³/mol. The summed E-state index contributed by atoms with van der Waals surface area (Å²) in [5, 5.41) is 0.703. The Morgan fingerprint density at radius 1 is 1.12 bits per heavy atom. The van der Waals surface area contributed by atoms with Crippen molar-refractivity contribution in [3.63, 3.8) is 0 Å². The monoisotopic (exact) mass is 389 g/mol. The molecule has 5 nitrogen and oxygen atoms in total. The van der Waals surface area contributed by atoms with Crippen molar-refractivity contribution in [1.82, 2.24) is 4.90 Å². The van der Waals surface area contributed by atoms with Crippen LogP contribution in [0, 0.1) is 0 Å². The van der Waals surface area contributed by atoms with E-state index in [0.29, 0.717) is 23.6 Å². The maximum Gasteiger partial charge on any atom is 0.289 e. The van der Waals surface area contributed by atoms with Gasteiger partial charge < -0.3 is 9.32 Å². The molecule has 0 N–H and O–H groups in total. The van der Waals surface area contributed by atoms with Crippen LogP contribution in [0.15, 0.2) is 63.9 Å². The van der Waals surface area contributed by atoms with Gasteiger partial charge in [-0.2, -0.15) is 0 Å². The van der Waals surface area contributed by atoms with Crippen LogP contribution in [0.1, 0.15) is 17.0 Å². The molecule has 4 rings (SSSR count). The molecule has 1 saturated heterocycles. The molecular weight excluding hydrogens is 374 g/mol. The molecule has 0 unspecified atom stereocenters. The summed E-state index contributed by atoms with van der Waals surface area (Å²) in [4.78, 5) is 14.5. The van der Waals surface area contributed by atoms with Crippen LogP contribution in [0.4, 0.5) is 0 Å². The minimum Gasteiger partial charge on any atom is -0.451 e. The van der Waals surface area contributed by atoms with E-state index in [-0.39, 0.29) is 23.1 Å². The SMILES string of the molecule is O=C(c1cc2ccccc2o1)N1CC[C@@H](S(=O)(=O)c2ccc(Cl)cc2)C1. The molecule has 2 heterocycles. The van der Waals surface area contributed by atoms with Gasteiger partial charge in [0, 0.05) is 23.5 Å². The summed E-state index contributed by atoms with van der Waals surface area (Å²) in [7, 11) is -3.51. The summed E-state index contributed by atoms with van der Waals surface area (Å²) in [6, 6.07) is 15.2. The Kier molecular flexibility index (Phi) is 4.25. The van der Waals surface area contributed by atoms with Crippen molar-refractivity contribution in [3.05, 3.63) is 65.4 Å². The Hall–Kier alpha value is -2.31. The van der Waals surface area contributed by atoms with Crippen molar-refractivity contribution in [2.45, 2.75) is 16.6 Å². The second kappa shape index (κ2) is 6.45. The Bertz CT molecular complexity index is 1040. The van der Waals surface area contributed by atoms with Crippen LogP contribution in [-0.4, -0.2) is 37.6 Å². The quantitative estimate of drug-likeness (QED) is 0.683. The zero-order chi connectivity index (χ0) is 18.3. The Morgan fingerprint density at radius 2 is 1.85 bits per heavy atom. The van der Waals surface area contributed by atoms with Gasteiger partial charge in [-0.05, 0) is 42.8 Å². The Balaban J connectivity index is 1.54. The topological polar surface area (TPSA) is 67.6 Å². The number of nitrogens with zero attached hydrogens (tertiary/aromatic N) is 1. The molecule has 7 heteroatoms. The highest BCUT2D eigenvalue weighted by Gasteiger charge is 2.37. The first-order valence-corrected chi connectivity index (χ1v) is 10.1. The highest BCUT2D eigenvalue weighted by atomic mass is 35.5. The van der Waals surface area contributed by atoms with Crippen LogP contribution in [0.2, 0.25) is 5.02 Å². The van der Waals surface area contributed by atoms with Crippen LogP contribution in [-0.2, 0) is 9.84 Å². The standard InChI is InChI=1S/C19H16ClNO4S/c20-14-5-7-15(8-6-14)26(23,24)16-9-10-21(12-16)19(22)18-11-13-3-1-2-4-17(13)25-18/h1-8,11,16H,9-10,12H2/t16-/m1/s1. The summed E-state index contributed by atoms with van der Waals surface area (Å²) in [6.45, 7) is 0.536. The van der Waals surface area contributed by atoms with Crippen LogP contribution < -0.4 is 0 Å². The molecule has 134 valence electrons. The smallest absolute Gasteiger partial charge is 0.289 e. The van der Waals surface area contributed by atoms with Gasteiger partial charge in [-0.3, -0.25) is 4.79 Å². The number of sulfone groups is 1. The first kappa shape index (κ1) is 17.1. The molecule has 26 heavy (non-hydrogen) atoms. The largest absolute Gasteiger partial charge is 0.451 e. The third-order valence-corrected chi connectivity index (χ3v) is 7.09. The van der Waals surface area contributed by atoms with E-state index < -0.39 is 15.1 Å². The molecule has 1 atom stereocenters. The van der Waals surface area contributed by atoms with Gasteiger partial charge in [0.1, 0.15) is 5.58 Å². The Labute approximate surface area is 156 Å². The van der Waals surface area contributed by atoms with Crippen LogP contribution >= 0.6 is 11.6 Å². The van der Waals surface area contributed by atoms with Gasteiger partial charge in [0.05, 0.1) is 10.1 Å². The minimum absolute atomic E-state index is 0.154. The number of carbonyl (C=O) groups is 1. The number of para-hydroxylation sites is 1. The van der Waals surface area contributed by atoms with E-state index in [9.17, 15) is 13.2 Å². The van der Waals surface area contributed by atoms with Crippen molar-refractivity contribution in [2.75, 3.05) is 13.1 Å². The molecule has 1 aromatic heterocycles. The summed E-state index contributed by atoms with van der Waals surface area (Å²) in [5.74, 6) is -0.0502. The predicted octanol–water partition coefficient (Wildman–Crippen LogP) is 3.77. The van der Waals surface area contributed by atoms with Crippen LogP contribution in [0.25, 0.3) is 11.0 Å². The molecule has 3 aromatic rings. The number of rotatable bonds is 3. The maximum atomic E-state index is 12.8. The summed E-state index contributed by atoms with van der Waals surface area (Å²) < 4.78 is 31.2. The number of furan rings is 1. The number of hydrogen-bond donors (Lipinski definition) is 0. The van der Waals surface area contributed by atoms with Gasteiger partial charge >= 0.3 is 0 Å². The van der Waals surface area contributed by atoms with Gasteiger partial charge in [0.25, 0.3) is 5.91 Å². The lowest BCUT2D eigenvalue weighted by Crippen LogP contribution is -2.31. The van der Waals surface area contributed by atoms with E-state index in [2.05, 4.69) is 0 Å². The zero-order valence-corrected chi connectivity index (χ0v) is 15.3. The van der Waals surface area contributed by atoms with E-state index in [1.807, 2.05) is 18.2 Å². The van der Waals surface area contributed by atoms with E-state index in [0.717, 1.165) is 5.39 Å². The number of hydrogen-bond acceptors (Lipinski definition) is 4. The van der Waals surface area contributed by atoms with Crippen molar-refractivity contribution in [1.29, 1.82) is 0 Å². The molecule has 0 aliphatic carbocycles. The maximum absolute atomic E-state index is 12.8. The fraction of sp³-hybridized carbons (Fsp3) is 0.211. The molecule has 0 bridgehead atoms. The first-order valence-electron chi connectivity index (χ1n) is 8.22. The van der Waals surface area contributed by atoms with Gasteiger partial charge in [-0.15, -0.1) is 0 Å². The Morgan fingerprint density at radius 3 is 2.58 bits per heavy atom. The zero-order valence-electron chi connectivity index (χ0n) is 13.8. The van der Waals surface area contributed by atoms with Crippen LogP contribution in [0.3, 0.4) is 0 Å². The van der Waals surface area contributed by atoms with E-state index in [1.54, 1.807) is 24.3 Å². The number of carbonyl (C=O) groups excluding carboxylic acids is 1. The average molecular weight is 390 g/mol. The fourth-order valence-corrected chi connectivity index (χ4v) is 5.04. The molecular formula is C19H16ClNO4S. The molecule has 1 amide bonds. The average Bonchev–Trinajstić information content (AvgIpc) is 3.29. The van der Waals surface area contributed by atoms with E-state index in [4.69, 9.17) is 16.0 Å². The highest BCUT2D eigenvalue weighted by molar-refractivity contribution is 7.92. The van der Waals surface area contributed by atoms with Gasteiger partial charge in [0.2, 0.25) is 0 Å². The van der Waals surface area contributed by atoms with E-state index >= 15 is 0 Å². The number of amides is 1. The fourth-order valence-electron chi connectivity index (χ4n) is 3.23. The lowest BCUT2D eigenvalue weighted by Gasteiger charge is -2.15. The van der Waals surface area contributed by atoms with Crippen molar-refractivity contribution < 1.29 is 17.6 Å². The summed E-state index contributed by atoms with van der Waals surface area (Å²) >= 11 is 5.83. The second-order valence-electron chi connectivity index (χ2n) is 6.31. The molecule has 1 aliphatic heterocycles. The molecule has 1 aliphatic rings. The molecule has 0 radical (unpaired) electrons. The normalized spacial score (nSPS) is 17.7. The number of likely N-dealkylation sites (tertiary alicyclic amines) is 1. The van der Waals surface area contributed by atoms with E-state index in [1.165, 1.54) is 17.0 Å². The lowest BCUT2D eigenvalue weighted by molar-refractivity contribution is 0.0764. The molecule has 0 spiro atoms. The number of fused-ring (bicyclic) bond motifs is 1. The summed E-state index contributed by atoms with van der Waals surface area (Å²) in [6.07, 6.45) is 0.400. The lowest BCUT2D eigenvalue weighted by atomic mass is 10.2. The molecule has 1 fully saturated rings. The number of benzene rings is 2. The third kappa shape index (κ3) is 2.99. The van der Waals surface area contributed by atoms with Gasteiger partial charge in [-0.1, -0.05) is 29.8 Å². The number of halogens is 1. The first-order chi connectivity index (χ1) is 12.4. The van der Waals surface area contributed by atoms with Gasteiger partial charge in [-0.25, -0.2) is 8.42 Å². The molecule has 2 aromatic carbocycles. The van der Waals surface area contributed by atoms with Crippen molar-refractivity contribution in [2.24, 2.45) is 0 Å². The van der Waals surface area contributed by atoms with Crippen molar-refractivity contribution >= 4 is 38.3 Å².